The van der Waals surface area contributed by atoms with Crippen molar-refractivity contribution in [3.8, 4) is 0 Å². The summed E-state index contributed by atoms with van der Waals surface area (Å²) in [6.07, 6.45) is 7.94. The molecule has 1 fully saturated rings. The third kappa shape index (κ3) is 3.43. The second-order valence-corrected chi connectivity index (χ2v) is 4.88. The van der Waals surface area contributed by atoms with E-state index in [1.165, 1.54) is 32.1 Å². The highest BCUT2D eigenvalue weighted by atomic mass is 16.3. The quantitative estimate of drug-likeness (QED) is 0.854. The van der Waals surface area contributed by atoms with Gasteiger partial charge in [-0.3, -0.25) is 0 Å². The maximum atomic E-state index is 9.45. The van der Waals surface area contributed by atoms with E-state index in [1.54, 1.807) is 13.1 Å². The van der Waals surface area contributed by atoms with Gasteiger partial charge < -0.3 is 10.0 Å². The van der Waals surface area contributed by atoms with Crippen molar-refractivity contribution >= 4 is 5.82 Å². The van der Waals surface area contributed by atoms with Crippen molar-refractivity contribution in [2.45, 2.75) is 45.1 Å². The molecule has 2 heterocycles. The zero-order valence-electron chi connectivity index (χ0n) is 10.6. The molecule has 0 bridgehead atoms. The van der Waals surface area contributed by atoms with Gasteiger partial charge >= 0.3 is 0 Å². The first kappa shape index (κ1) is 12.4. The minimum absolute atomic E-state index is 0.427. The van der Waals surface area contributed by atoms with Crippen molar-refractivity contribution in [2.24, 2.45) is 0 Å². The van der Waals surface area contributed by atoms with Gasteiger partial charge in [-0.15, -0.1) is 0 Å². The normalized spacial score (nSPS) is 19.5. The average Bonchev–Trinajstić information content (AvgIpc) is 2.29. The van der Waals surface area contributed by atoms with E-state index < -0.39 is 6.10 Å². The molecule has 1 aliphatic rings. The minimum atomic E-state index is -0.427. The molecular weight excluding hydrogens is 212 g/mol. The van der Waals surface area contributed by atoms with E-state index in [4.69, 9.17) is 0 Å². The van der Waals surface area contributed by atoms with E-state index in [0.717, 1.165) is 24.5 Å². The summed E-state index contributed by atoms with van der Waals surface area (Å²) in [5.74, 6) is 1.05. The molecule has 2 rings (SSSR count). The van der Waals surface area contributed by atoms with Gasteiger partial charge in [-0.25, -0.2) is 4.98 Å². The van der Waals surface area contributed by atoms with Gasteiger partial charge in [0.2, 0.25) is 0 Å². The van der Waals surface area contributed by atoms with Crippen LogP contribution < -0.4 is 4.90 Å². The molecule has 1 aromatic rings. The van der Waals surface area contributed by atoms with Crippen LogP contribution in [0.1, 0.15) is 50.7 Å². The highest BCUT2D eigenvalue weighted by Crippen LogP contribution is 2.19. The van der Waals surface area contributed by atoms with Crippen LogP contribution in [-0.2, 0) is 0 Å². The van der Waals surface area contributed by atoms with Gasteiger partial charge in [-0.05, 0) is 31.4 Å². The molecule has 0 amide bonds. The van der Waals surface area contributed by atoms with Gasteiger partial charge in [0.15, 0.2) is 0 Å². The lowest BCUT2D eigenvalue weighted by Crippen LogP contribution is -2.27. The Kier molecular flexibility index (Phi) is 4.37. The number of aliphatic hydroxyl groups is 1. The van der Waals surface area contributed by atoms with Gasteiger partial charge in [0, 0.05) is 19.3 Å². The number of aromatic nitrogens is 1. The molecular formula is C14H22N2O. The Hall–Kier alpha value is -1.09. The molecule has 1 unspecified atom stereocenters. The monoisotopic (exact) mass is 234 g/mol. The fourth-order valence-electron chi connectivity index (χ4n) is 2.31. The van der Waals surface area contributed by atoms with Crippen LogP contribution in [0, 0.1) is 0 Å². The Bertz CT molecular complexity index is 327. The van der Waals surface area contributed by atoms with Crippen LogP contribution in [0.25, 0.3) is 0 Å². The third-order valence-corrected chi connectivity index (χ3v) is 3.43. The topological polar surface area (TPSA) is 36.4 Å². The highest BCUT2D eigenvalue weighted by molar-refractivity contribution is 5.39. The Morgan fingerprint density at radius 2 is 1.76 bits per heavy atom. The molecule has 1 aliphatic heterocycles. The molecule has 0 saturated carbocycles. The number of hydrogen-bond acceptors (Lipinski definition) is 3. The SMILES string of the molecule is CC(O)c1ccc(N2CCCCCCC2)nc1. The van der Waals surface area contributed by atoms with Crippen molar-refractivity contribution in [2.75, 3.05) is 18.0 Å². The lowest BCUT2D eigenvalue weighted by molar-refractivity contribution is 0.199. The Morgan fingerprint density at radius 3 is 2.29 bits per heavy atom. The zero-order valence-corrected chi connectivity index (χ0v) is 10.6. The van der Waals surface area contributed by atoms with Crippen LogP contribution in [0.5, 0.6) is 0 Å². The number of anilines is 1. The van der Waals surface area contributed by atoms with Gasteiger partial charge in [0.05, 0.1) is 6.10 Å². The number of hydrogen-bond donors (Lipinski definition) is 1. The summed E-state index contributed by atoms with van der Waals surface area (Å²) < 4.78 is 0. The highest BCUT2D eigenvalue weighted by Gasteiger charge is 2.10. The predicted molar refractivity (Wildman–Crippen MR) is 70.2 cm³/mol. The summed E-state index contributed by atoms with van der Waals surface area (Å²) in [5.41, 5.74) is 0.890. The van der Waals surface area contributed by atoms with Gasteiger partial charge in [0.1, 0.15) is 5.82 Å². The van der Waals surface area contributed by atoms with Crippen LogP contribution in [0.15, 0.2) is 18.3 Å². The van der Waals surface area contributed by atoms with E-state index in [0.29, 0.717) is 0 Å². The molecule has 0 spiro atoms. The fourth-order valence-corrected chi connectivity index (χ4v) is 2.31. The summed E-state index contributed by atoms with van der Waals surface area (Å²) >= 11 is 0. The van der Waals surface area contributed by atoms with E-state index in [-0.39, 0.29) is 0 Å². The lowest BCUT2D eigenvalue weighted by atomic mass is 10.1. The largest absolute Gasteiger partial charge is 0.389 e. The molecule has 0 aromatic carbocycles. The summed E-state index contributed by atoms with van der Waals surface area (Å²) in [5, 5.41) is 9.45. The molecule has 1 aromatic heterocycles. The molecule has 3 heteroatoms. The first-order chi connectivity index (χ1) is 8.27. The maximum absolute atomic E-state index is 9.45. The molecule has 1 atom stereocenters. The molecule has 17 heavy (non-hydrogen) atoms. The number of nitrogens with zero attached hydrogens (tertiary/aromatic N) is 2. The molecule has 0 aliphatic carbocycles. The second-order valence-electron chi connectivity index (χ2n) is 4.88. The number of rotatable bonds is 2. The lowest BCUT2D eigenvalue weighted by Gasteiger charge is -2.25. The molecule has 94 valence electrons. The van der Waals surface area contributed by atoms with Crippen LogP contribution in [-0.4, -0.2) is 23.2 Å². The smallest absolute Gasteiger partial charge is 0.128 e. The van der Waals surface area contributed by atoms with Crippen LogP contribution in [0.4, 0.5) is 5.82 Å². The fraction of sp³-hybridized carbons (Fsp3) is 0.643. The Morgan fingerprint density at radius 1 is 1.12 bits per heavy atom. The van der Waals surface area contributed by atoms with E-state index in [2.05, 4.69) is 9.88 Å². The maximum Gasteiger partial charge on any atom is 0.128 e. The standard InChI is InChI=1S/C14H22N2O/c1-12(17)13-7-8-14(15-11-13)16-9-5-3-2-4-6-10-16/h7-8,11-12,17H,2-6,9-10H2,1H3. The minimum Gasteiger partial charge on any atom is -0.389 e. The average molecular weight is 234 g/mol. The number of pyridine rings is 1. The molecule has 0 radical (unpaired) electrons. The van der Waals surface area contributed by atoms with Gasteiger partial charge in [-0.2, -0.15) is 0 Å². The first-order valence-electron chi connectivity index (χ1n) is 6.66. The van der Waals surface area contributed by atoms with Gasteiger partial charge in [0.25, 0.3) is 0 Å². The second kappa shape index (κ2) is 6.01. The number of aliphatic hydroxyl groups excluding tert-OH is 1. The summed E-state index contributed by atoms with van der Waals surface area (Å²) in [6, 6.07) is 4.01. The third-order valence-electron chi connectivity index (χ3n) is 3.43. The van der Waals surface area contributed by atoms with E-state index in [1.807, 2.05) is 12.1 Å². The summed E-state index contributed by atoms with van der Waals surface area (Å²) in [4.78, 5) is 6.83. The van der Waals surface area contributed by atoms with Crippen molar-refractivity contribution < 1.29 is 5.11 Å². The van der Waals surface area contributed by atoms with Crippen molar-refractivity contribution in [1.29, 1.82) is 0 Å². The van der Waals surface area contributed by atoms with Crippen LogP contribution >= 0.6 is 0 Å². The Balaban J connectivity index is 2.04. The molecule has 1 N–H and O–H groups in total. The first-order valence-corrected chi connectivity index (χ1v) is 6.66. The predicted octanol–water partition coefficient (Wildman–Crippen LogP) is 2.91. The van der Waals surface area contributed by atoms with E-state index in [9.17, 15) is 5.11 Å². The summed E-state index contributed by atoms with van der Waals surface area (Å²) in [6.45, 7) is 3.99. The van der Waals surface area contributed by atoms with Crippen molar-refractivity contribution in [3.05, 3.63) is 23.9 Å². The molecule has 1 saturated heterocycles. The van der Waals surface area contributed by atoms with Gasteiger partial charge in [-0.1, -0.05) is 25.3 Å². The summed E-state index contributed by atoms with van der Waals surface area (Å²) in [7, 11) is 0. The van der Waals surface area contributed by atoms with Crippen molar-refractivity contribution in [3.63, 3.8) is 0 Å². The van der Waals surface area contributed by atoms with E-state index >= 15 is 0 Å². The molecule has 3 nitrogen and oxygen atoms in total. The van der Waals surface area contributed by atoms with Crippen LogP contribution in [0.3, 0.4) is 0 Å². The van der Waals surface area contributed by atoms with Crippen LogP contribution in [0.2, 0.25) is 0 Å². The van der Waals surface area contributed by atoms with Crippen molar-refractivity contribution in [1.82, 2.24) is 4.98 Å². The zero-order chi connectivity index (χ0) is 12.1. The Labute approximate surface area is 103 Å².